The summed E-state index contributed by atoms with van der Waals surface area (Å²) in [5.41, 5.74) is 5.33. The van der Waals surface area contributed by atoms with Gasteiger partial charge in [-0.1, -0.05) is 37.1 Å². The summed E-state index contributed by atoms with van der Waals surface area (Å²) >= 11 is 0. The first-order chi connectivity index (χ1) is 18.6. The predicted octanol–water partition coefficient (Wildman–Crippen LogP) is 6.52. The summed E-state index contributed by atoms with van der Waals surface area (Å²) in [6.07, 6.45) is 5.02. The van der Waals surface area contributed by atoms with Crippen molar-refractivity contribution in [3.8, 4) is 11.5 Å². The van der Waals surface area contributed by atoms with Crippen LogP contribution in [0.1, 0.15) is 61.0 Å². The molecule has 1 aliphatic carbocycles. The third kappa shape index (κ3) is 6.05. The molecule has 1 heterocycles. The molecule has 7 nitrogen and oxygen atoms in total. The normalized spacial score (nSPS) is 14.3. The van der Waals surface area contributed by atoms with Gasteiger partial charge in [0, 0.05) is 23.4 Å². The Labute approximate surface area is 222 Å². The fourth-order valence-corrected chi connectivity index (χ4v) is 5.10. The number of aromatic nitrogens is 1. The minimum Gasteiger partial charge on any atom is -0.466 e. The number of carbonyl (C=O) groups is 2. The van der Waals surface area contributed by atoms with Crippen LogP contribution in [0.4, 0.5) is 5.69 Å². The molecule has 1 fully saturated rings. The highest BCUT2D eigenvalue weighted by Crippen LogP contribution is 2.38. The lowest BCUT2D eigenvalue weighted by Crippen LogP contribution is -2.26. The van der Waals surface area contributed by atoms with Crippen LogP contribution in [0.3, 0.4) is 0 Å². The van der Waals surface area contributed by atoms with Crippen LogP contribution in [0.5, 0.6) is 0 Å². The minimum atomic E-state index is -0.313. The lowest BCUT2D eigenvalue weighted by Gasteiger charge is -2.26. The first-order valence-electron chi connectivity index (χ1n) is 13.4. The van der Waals surface area contributed by atoms with Gasteiger partial charge < -0.3 is 19.8 Å². The number of benzene rings is 3. The Bertz CT molecular complexity index is 1340. The van der Waals surface area contributed by atoms with Crippen LogP contribution in [-0.4, -0.2) is 30.0 Å². The summed E-state index contributed by atoms with van der Waals surface area (Å²) < 4.78 is 10.8. The predicted molar refractivity (Wildman–Crippen MR) is 148 cm³/mol. The zero-order valence-corrected chi connectivity index (χ0v) is 21.6. The van der Waals surface area contributed by atoms with Crippen molar-refractivity contribution in [1.82, 2.24) is 10.3 Å². The number of carbonyl (C=O) groups excluding carboxylic acids is 2. The summed E-state index contributed by atoms with van der Waals surface area (Å²) in [6, 6.07) is 23.9. The van der Waals surface area contributed by atoms with E-state index in [1.807, 2.05) is 48.5 Å². The van der Waals surface area contributed by atoms with Crippen molar-refractivity contribution in [2.24, 2.45) is 5.92 Å². The van der Waals surface area contributed by atoms with Crippen LogP contribution in [0.15, 0.2) is 77.2 Å². The highest BCUT2D eigenvalue weighted by atomic mass is 16.5. The van der Waals surface area contributed by atoms with Crippen molar-refractivity contribution in [3.63, 3.8) is 0 Å². The first-order valence-corrected chi connectivity index (χ1v) is 13.4. The highest BCUT2D eigenvalue weighted by molar-refractivity contribution is 5.94. The van der Waals surface area contributed by atoms with Gasteiger partial charge in [-0.2, -0.15) is 0 Å². The smallest absolute Gasteiger partial charge is 0.307 e. The van der Waals surface area contributed by atoms with Crippen LogP contribution in [-0.2, 0) is 9.53 Å². The van der Waals surface area contributed by atoms with Crippen molar-refractivity contribution in [1.29, 1.82) is 0 Å². The van der Waals surface area contributed by atoms with Gasteiger partial charge in [0.2, 0.25) is 5.89 Å². The second-order valence-corrected chi connectivity index (χ2v) is 9.66. The molecule has 1 atom stereocenters. The third-order valence-corrected chi connectivity index (χ3v) is 7.07. The molecule has 0 radical (unpaired) electrons. The Morgan fingerprint density at radius 1 is 1.00 bits per heavy atom. The number of anilines is 1. The number of para-hydroxylation sites is 2. The van der Waals surface area contributed by atoms with E-state index >= 15 is 0 Å². The van der Waals surface area contributed by atoms with Crippen molar-refractivity contribution >= 4 is 28.7 Å². The molecule has 38 heavy (non-hydrogen) atoms. The molecule has 1 saturated carbocycles. The van der Waals surface area contributed by atoms with Crippen LogP contribution in [0.25, 0.3) is 22.6 Å². The summed E-state index contributed by atoms with van der Waals surface area (Å²) in [5.74, 6) is 0.644. The number of hydrogen-bond donors (Lipinski definition) is 2. The van der Waals surface area contributed by atoms with Crippen molar-refractivity contribution in [3.05, 3.63) is 83.9 Å². The molecule has 0 spiro atoms. The van der Waals surface area contributed by atoms with Crippen LogP contribution in [0, 0.1) is 5.92 Å². The number of oxazole rings is 1. The number of nitrogens with zero attached hydrogens (tertiary/aromatic N) is 1. The van der Waals surface area contributed by atoms with Crippen LogP contribution < -0.4 is 10.6 Å². The zero-order valence-electron chi connectivity index (χ0n) is 21.6. The van der Waals surface area contributed by atoms with Gasteiger partial charge in [0.05, 0.1) is 19.1 Å². The molecule has 3 aromatic carbocycles. The maximum Gasteiger partial charge on any atom is 0.307 e. The molecule has 7 heteroatoms. The molecule has 0 aliphatic heterocycles. The van der Waals surface area contributed by atoms with Gasteiger partial charge in [0.25, 0.3) is 5.91 Å². The Kier molecular flexibility index (Phi) is 8.02. The highest BCUT2D eigenvalue weighted by Gasteiger charge is 2.26. The van der Waals surface area contributed by atoms with E-state index in [4.69, 9.17) is 9.15 Å². The second kappa shape index (κ2) is 11.9. The third-order valence-electron chi connectivity index (χ3n) is 7.07. The molecule has 2 N–H and O–H groups in total. The number of nitrogens with one attached hydrogen (secondary N) is 2. The number of amides is 1. The Balaban J connectivity index is 1.26. The van der Waals surface area contributed by atoms with Gasteiger partial charge in [-0.15, -0.1) is 0 Å². The molecule has 5 rings (SSSR count). The van der Waals surface area contributed by atoms with Gasteiger partial charge in [-0.25, -0.2) is 4.98 Å². The van der Waals surface area contributed by atoms with E-state index in [0.29, 0.717) is 24.0 Å². The topological polar surface area (TPSA) is 93.5 Å². The number of rotatable bonds is 10. The molecule has 4 aromatic rings. The fraction of sp³-hybridized carbons (Fsp3) is 0.323. The summed E-state index contributed by atoms with van der Waals surface area (Å²) in [4.78, 5) is 28.6. The Hall–Kier alpha value is -4.13. The minimum absolute atomic E-state index is 0.160. The summed E-state index contributed by atoms with van der Waals surface area (Å²) in [7, 11) is 0. The van der Waals surface area contributed by atoms with Gasteiger partial charge in [0.1, 0.15) is 5.52 Å². The molecule has 0 saturated heterocycles. The number of fused-ring (bicyclic) bond motifs is 1. The Morgan fingerprint density at radius 2 is 1.74 bits per heavy atom. The van der Waals surface area contributed by atoms with E-state index in [1.165, 1.54) is 31.2 Å². The van der Waals surface area contributed by atoms with Gasteiger partial charge >= 0.3 is 5.97 Å². The molecule has 196 valence electrons. The zero-order chi connectivity index (χ0) is 26.3. The summed E-state index contributed by atoms with van der Waals surface area (Å²) in [5, 5.41) is 6.50. The number of hydrogen-bond acceptors (Lipinski definition) is 6. The average molecular weight is 512 g/mol. The van der Waals surface area contributed by atoms with Gasteiger partial charge in [-0.3, -0.25) is 9.59 Å². The quantitative estimate of drug-likeness (QED) is 0.235. The maximum atomic E-state index is 12.5. The molecule has 1 aliphatic rings. The molecule has 1 aromatic heterocycles. The van der Waals surface area contributed by atoms with Crippen molar-refractivity contribution < 1.29 is 18.7 Å². The molecule has 0 bridgehead atoms. The van der Waals surface area contributed by atoms with Gasteiger partial charge in [0.15, 0.2) is 5.58 Å². The SMILES string of the molecule is CCOC(=O)CCNC(=O)c1ccc(N[C@H](c2ccc(-c3nc4ccccc4o3)cc2)C2CCCC2)cc1. The van der Waals surface area contributed by atoms with Crippen LogP contribution >= 0.6 is 0 Å². The molecular formula is C31H33N3O4. The Morgan fingerprint density at radius 3 is 2.45 bits per heavy atom. The van der Waals surface area contributed by atoms with E-state index in [9.17, 15) is 9.59 Å². The number of ether oxygens (including phenoxy) is 1. The maximum absolute atomic E-state index is 12.5. The summed E-state index contributed by atoms with van der Waals surface area (Å²) in [6.45, 7) is 2.35. The van der Waals surface area contributed by atoms with E-state index in [1.54, 1.807) is 6.92 Å². The second-order valence-electron chi connectivity index (χ2n) is 9.66. The van der Waals surface area contributed by atoms with Crippen LogP contribution in [0.2, 0.25) is 0 Å². The molecular weight excluding hydrogens is 478 g/mol. The average Bonchev–Trinajstić information content (AvgIpc) is 3.63. The largest absolute Gasteiger partial charge is 0.466 e. The number of esters is 1. The van der Waals surface area contributed by atoms with E-state index in [2.05, 4.69) is 39.9 Å². The van der Waals surface area contributed by atoms with E-state index in [0.717, 1.165) is 22.4 Å². The van der Waals surface area contributed by atoms with Crippen molar-refractivity contribution in [2.75, 3.05) is 18.5 Å². The molecule has 0 unspecified atom stereocenters. The standard InChI is InChI=1S/C31H33N3O4/c1-2-37-28(35)19-20-32-30(36)23-15-17-25(18-16-23)33-29(21-7-3-4-8-21)22-11-13-24(14-12-22)31-34-26-9-5-6-10-27(26)38-31/h5-6,9-18,21,29,33H,2-4,7-8,19-20H2,1H3,(H,32,36)/t29-/m0/s1. The van der Waals surface area contributed by atoms with E-state index < -0.39 is 0 Å². The van der Waals surface area contributed by atoms with Gasteiger partial charge in [-0.05, 0) is 79.8 Å². The van der Waals surface area contributed by atoms with Crippen molar-refractivity contribution in [2.45, 2.75) is 45.1 Å². The van der Waals surface area contributed by atoms with E-state index in [-0.39, 0.29) is 30.9 Å². The monoisotopic (exact) mass is 511 g/mol. The lowest BCUT2D eigenvalue weighted by molar-refractivity contribution is -0.142. The first kappa shape index (κ1) is 25.5. The fourth-order valence-electron chi connectivity index (χ4n) is 5.10. The lowest BCUT2D eigenvalue weighted by atomic mass is 9.90. The molecule has 1 amide bonds.